The summed E-state index contributed by atoms with van der Waals surface area (Å²) < 4.78 is 5.60. The van der Waals surface area contributed by atoms with Crippen LogP contribution in [0.2, 0.25) is 0 Å². The molecule has 0 aliphatic rings. The first-order valence-corrected chi connectivity index (χ1v) is 8.02. The fourth-order valence-corrected chi connectivity index (χ4v) is 3.34. The van der Waals surface area contributed by atoms with Crippen molar-refractivity contribution in [2.24, 2.45) is 0 Å². The average molecular weight is 318 g/mol. The number of esters is 1. The summed E-state index contributed by atoms with van der Waals surface area (Å²) in [5.41, 5.74) is 0.670. The smallest absolute Gasteiger partial charge is 0.330 e. The van der Waals surface area contributed by atoms with Crippen LogP contribution < -0.4 is 5.43 Å². The van der Waals surface area contributed by atoms with Crippen molar-refractivity contribution in [3.63, 3.8) is 0 Å². The van der Waals surface area contributed by atoms with E-state index in [1.54, 1.807) is 25.1 Å². The summed E-state index contributed by atoms with van der Waals surface area (Å²) in [5.74, 6) is -0.233. The SMILES string of the molecule is CCCc1c(O)ccc2c(=O)cc(C=CC(=O)OCC)sc12. The zero-order valence-corrected chi connectivity index (χ0v) is 13.4. The Morgan fingerprint density at radius 2 is 2.14 bits per heavy atom. The van der Waals surface area contributed by atoms with Crippen LogP contribution in [0.4, 0.5) is 0 Å². The van der Waals surface area contributed by atoms with Gasteiger partial charge in [0.05, 0.1) is 6.61 Å². The number of ether oxygens (including phenoxy) is 1. The van der Waals surface area contributed by atoms with Gasteiger partial charge in [0.15, 0.2) is 5.43 Å². The van der Waals surface area contributed by atoms with Gasteiger partial charge in [-0.1, -0.05) is 13.3 Å². The summed E-state index contributed by atoms with van der Waals surface area (Å²) >= 11 is 1.39. The molecule has 0 amide bonds. The highest BCUT2D eigenvalue weighted by molar-refractivity contribution is 7.19. The third-order valence-corrected chi connectivity index (χ3v) is 4.32. The predicted molar refractivity (Wildman–Crippen MR) is 89.4 cm³/mol. The van der Waals surface area contributed by atoms with E-state index in [-0.39, 0.29) is 11.2 Å². The van der Waals surface area contributed by atoms with Crippen molar-refractivity contribution in [2.45, 2.75) is 26.7 Å². The van der Waals surface area contributed by atoms with Gasteiger partial charge < -0.3 is 9.84 Å². The van der Waals surface area contributed by atoms with Gasteiger partial charge in [-0.2, -0.15) is 0 Å². The second kappa shape index (κ2) is 7.22. The predicted octanol–water partition coefficient (Wildman–Crippen LogP) is 3.50. The summed E-state index contributed by atoms with van der Waals surface area (Å²) in [7, 11) is 0. The minimum Gasteiger partial charge on any atom is -0.508 e. The summed E-state index contributed by atoms with van der Waals surface area (Å²) in [4.78, 5) is 24.2. The van der Waals surface area contributed by atoms with Crippen LogP contribution in [0.5, 0.6) is 5.75 Å². The Morgan fingerprint density at radius 1 is 1.36 bits per heavy atom. The van der Waals surface area contributed by atoms with Crippen molar-refractivity contribution in [3.8, 4) is 5.75 Å². The minimum absolute atomic E-state index is 0.116. The highest BCUT2D eigenvalue weighted by Gasteiger charge is 2.10. The number of rotatable bonds is 5. The zero-order chi connectivity index (χ0) is 16.1. The lowest BCUT2D eigenvalue weighted by molar-refractivity contribution is -0.137. The largest absolute Gasteiger partial charge is 0.508 e. The molecule has 1 N–H and O–H groups in total. The second-order valence-electron chi connectivity index (χ2n) is 4.79. The molecule has 0 unspecified atom stereocenters. The maximum Gasteiger partial charge on any atom is 0.330 e. The lowest BCUT2D eigenvalue weighted by Gasteiger charge is -2.07. The normalized spacial score (nSPS) is 11.2. The topological polar surface area (TPSA) is 63.6 Å². The number of hydrogen-bond donors (Lipinski definition) is 1. The lowest BCUT2D eigenvalue weighted by atomic mass is 10.1. The maximum atomic E-state index is 12.2. The van der Waals surface area contributed by atoms with Crippen molar-refractivity contribution < 1.29 is 14.6 Å². The highest BCUT2D eigenvalue weighted by atomic mass is 32.1. The molecule has 1 heterocycles. The van der Waals surface area contributed by atoms with Crippen LogP contribution in [-0.4, -0.2) is 17.7 Å². The Labute approximate surface area is 132 Å². The first kappa shape index (κ1) is 16.2. The molecule has 0 bridgehead atoms. The van der Waals surface area contributed by atoms with Crippen LogP contribution in [0.15, 0.2) is 29.1 Å². The van der Waals surface area contributed by atoms with Crippen LogP contribution in [0, 0.1) is 0 Å². The fraction of sp³-hybridized carbons (Fsp3) is 0.294. The van der Waals surface area contributed by atoms with Crippen molar-refractivity contribution in [1.29, 1.82) is 0 Å². The maximum absolute atomic E-state index is 12.2. The van der Waals surface area contributed by atoms with Crippen molar-refractivity contribution in [3.05, 3.63) is 44.9 Å². The van der Waals surface area contributed by atoms with Gasteiger partial charge in [0.25, 0.3) is 0 Å². The molecule has 2 rings (SSSR count). The molecule has 2 aromatic rings. The fourth-order valence-electron chi connectivity index (χ4n) is 2.20. The standard InChI is InChI=1S/C17H18O4S/c1-3-5-12-14(18)8-7-13-15(19)10-11(22-17(12)13)6-9-16(20)21-4-2/h6-10,18H,3-5H2,1-2H3. The number of fused-ring (bicyclic) bond motifs is 1. The first-order valence-electron chi connectivity index (χ1n) is 7.20. The molecule has 0 radical (unpaired) electrons. The van der Waals surface area contributed by atoms with E-state index in [0.29, 0.717) is 23.3 Å². The summed E-state index contributed by atoms with van der Waals surface area (Å²) in [6, 6.07) is 4.70. The van der Waals surface area contributed by atoms with Crippen LogP contribution in [-0.2, 0) is 16.0 Å². The molecule has 116 valence electrons. The Kier molecular flexibility index (Phi) is 5.33. The van der Waals surface area contributed by atoms with Gasteiger partial charge in [-0.25, -0.2) is 4.79 Å². The second-order valence-corrected chi connectivity index (χ2v) is 5.87. The molecule has 0 fully saturated rings. The summed E-state index contributed by atoms with van der Waals surface area (Å²) in [6.45, 7) is 4.07. The average Bonchev–Trinajstić information content (AvgIpc) is 2.48. The molecule has 0 saturated heterocycles. The van der Waals surface area contributed by atoms with Gasteiger partial charge in [-0.3, -0.25) is 4.79 Å². The van der Waals surface area contributed by atoms with E-state index in [1.165, 1.54) is 23.5 Å². The van der Waals surface area contributed by atoms with Gasteiger partial charge in [0.2, 0.25) is 0 Å². The van der Waals surface area contributed by atoms with E-state index >= 15 is 0 Å². The molecular formula is C17H18O4S. The number of benzene rings is 1. The van der Waals surface area contributed by atoms with Crippen LogP contribution >= 0.6 is 11.3 Å². The lowest BCUT2D eigenvalue weighted by Crippen LogP contribution is -2.02. The summed E-state index contributed by atoms with van der Waals surface area (Å²) in [6.07, 6.45) is 4.45. The molecule has 0 aliphatic heterocycles. The third-order valence-electron chi connectivity index (χ3n) is 3.16. The number of carbonyl (C=O) groups is 1. The van der Waals surface area contributed by atoms with Gasteiger partial charge in [-0.05, 0) is 31.6 Å². The third kappa shape index (κ3) is 3.54. The molecule has 1 aromatic heterocycles. The van der Waals surface area contributed by atoms with Crippen LogP contribution in [0.1, 0.15) is 30.7 Å². The Balaban J connectivity index is 2.53. The van der Waals surface area contributed by atoms with Gasteiger partial charge >= 0.3 is 5.97 Å². The number of aryl methyl sites for hydroxylation is 1. The van der Waals surface area contributed by atoms with Crippen molar-refractivity contribution >= 4 is 33.5 Å². The van der Waals surface area contributed by atoms with E-state index < -0.39 is 5.97 Å². The van der Waals surface area contributed by atoms with Crippen LogP contribution in [0.3, 0.4) is 0 Å². The molecule has 0 aliphatic carbocycles. The monoisotopic (exact) mass is 318 g/mol. The van der Waals surface area contributed by atoms with E-state index in [2.05, 4.69) is 0 Å². The number of phenols is 1. The number of aromatic hydroxyl groups is 1. The Hall–Kier alpha value is -2.14. The molecule has 1 aromatic carbocycles. The van der Waals surface area contributed by atoms with Crippen LogP contribution in [0.25, 0.3) is 16.2 Å². The Morgan fingerprint density at radius 3 is 2.82 bits per heavy atom. The number of carbonyl (C=O) groups excluding carboxylic acids is 1. The molecule has 22 heavy (non-hydrogen) atoms. The highest BCUT2D eigenvalue weighted by Crippen LogP contribution is 2.31. The molecule has 0 spiro atoms. The van der Waals surface area contributed by atoms with Gasteiger partial charge in [0.1, 0.15) is 5.75 Å². The van der Waals surface area contributed by atoms with E-state index in [1.807, 2.05) is 6.92 Å². The van der Waals surface area contributed by atoms with Gasteiger partial charge in [-0.15, -0.1) is 11.3 Å². The van der Waals surface area contributed by atoms with Gasteiger partial charge in [0, 0.05) is 32.7 Å². The zero-order valence-electron chi connectivity index (χ0n) is 12.6. The minimum atomic E-state index is -0.438. The van der Waals surface area contributed by atoms with Crippen molar-refractivity contribution in [1.82, 2.24) is 0 Å². The molecule has 5 heteroatoms. The summed E-state index contributed by atoms with van der Waals surface area (Å²) in [5, 5.41) is 10.6. The van der Waals surface area contributed by atoms with E-state index in [0.717, 1.165) is 16.7 Å². The van der Waals surface area contributed by atoms with E-state index in [4.69, 9.17) is 4.74 Å². The molecule has 0 saturated carbocycles. The first-order chi connectivity index (χ1) is 10.6. The quantitative estimate of drug-likeness (QED) is 0.677. The molecule has 0 atom stereocenters. The number of phenolic OH excluding ortho intramolecular Hbond substituents is 1. The molecule has 4 nitrogen and oxygen atoms in total. The van der Waals surface area contributed by atoms with E-state index in [9.17, 15) is 14.7 Å². The number of hydrogen-bond acceptors (Lipinski definition) is 5. The molecular weight excluding hydrogens is 300 g/mol. The van der Waals surface area contributed by atoms with Crippen molar-refractivity contribution in [2.75, 3.05) is 6.61 Å². The Bertz CT molecular complexity index is 774.